The van der Waals surface area contributed by atoms with Gasteiger partial charge in [0.25, 0.3) is 0 Å². The van der Waals surface area contributed by atoms with Gasteiger partial charge in [0.1, 0.15) is 6.33 Å². The molecule has 108 valence electrons. The molecule has 2 rings (SSSR count). The fraction of sp³-hybridized carbons (Fsp3) is 0.455. The van der Waals surface area contributed by atoms with E-state index in [0.29, 0.717) is 11.9 Å². The van der Waals surface area contributed by atoms with Crippen LogP contribution in [0.3, 0.4) is 0 Å². The van der Waals surface area contributed by atoms with Crippen LogP contribution in [0, 0.1) is 0 Å². The number of hydrogen-bond donors (Lipinski definition) is 2. The first kappa shape index (κ1) is 15.0. The fourth-order valence-corrected chi connectivity index (χ4v) is 2.41. The largest absolute Gasteiger partial charge is 0.395 e. The number of nitrogens with one attached hydrogen (secondary N) is 1. The molecule has 0 radical (unpaired) electrons. The first-order valence-corrected chi connectivity index (χ1v) is 7.60. The van der Waals surface area contributed by atoms with Gasteiger partial charge in [-0.25, -0.2) is 4.98 Å². The van der Waals surface area contributed by atoms with Gasteiger partial charge in [-0.1, -0.05) is 0 Å². The summed E-state index contributed by atoms with van der Waals surface area (Å²) in [5.41, 5.74) is 0. The number of nitrogens with zero attached hydrogens (tertiary/aromatic N) is 5. The first-order valence-electron chi connectivity index (χ1n) is 5.94. The molecule has 0 aliphatic rings. The van der Waals surface area contributed by atoms with Crippen LogP contribution in [0.15, 0.2) is 18.7 Å². The lowest BCUT2D eigenvalue weighted by molar-refractivity contribution is 0.288. The van der Waals surface area contributed by atoms with Crippen LogP contribution in [0.2, 0.25) is 5.28 Å². The minimum Gasteiger partial charge on any atom is -0.395 e. The normalized spacial score (nSPS) is 14.0. The third-order valence-corrected chi connectivity index (χ3v) is 4.06. The number of hydrogen-bond acceptors (Lipinski definition) is 7. The number of thioether (sulfide) groups is 1. The van der Waals surface area contributed by atoms with Crippen molar-refractivity contribution in [1.29, 1.82) is 0 Å². The summed E-state index contributed by atoms with van der Waals surface area (Å²) in [5, 5.41) is 12.6. The molecule has 0 saturated carbocycles. The average Bonchev–Trinajstić information content (AvgIpc) is 2.93. The number of rotatable bonds is 6. The molecule has 7 nitrogen and oxygen atoms in total. The van der Waals surface area contributed by atoms with Crippen LogP contribution in [-0.4, -0.2) is 53.8 Å². The Kier molecular flexibility index (Phi) is 5.16. The topological polar surface area (TPSA) is 88.8 Å². The molecule has 0 aliphatic heterocycles. The highest BCUT2D eigenvalue weighted by Crippen LogP contribution is 2.15. The van der Waals surface area contributed by atoms with Crippen LogP contribution in [-0.2, 0) is 0 Å². The molecule has 2 N–H and O–H groups in total. The van der Waals surface area contributed by atoms with Crippen molar-refractivity contribution >= 4 is 29.3 Å². The molecular weight excluding hydrogens is 300 g/mol. The molecule has 0 aliphatic carbocycles. The van der Waals surface area contributed by atoms with E-state index in [1.165, 1.54) is 0 Å². The molecule has 0 amide bonds. The molecule has 9 heteroatoms. The summed E-state index contributed by atoms with van der Waals surface area (Å²) < 4.78 is 1.64. The van der Waals surface area contributed by atoms with Crippen molar-refractivity contribution in [2.24, 2.45) is 0 Å². The number of imidazole rings is 1. The van der Waals surface area contributed by atoms with Crippen molar-refractivity contribution in [2.45, 2.75) is 18.2 Å². The summed E-state index contributed by atoms with van der Waals surface area (Å²) in [6.07, 6.45) is 6.87. The van der Waals surface area contributed by atoms with Crippen LogP contribution in [0.25, 0.3) is 5.95 Å². The van der Waals surface area contributed by atoms with Crippen molar-refractivity contribution in [3.05, 3.63) is 24.0 Å². The Balaban J connectivity index is 2.20. The highest BCUT2D eigenvalue weighted by Gasteiger charge is 2.17. The SMILES string of the molecule is CSC(CO)C(C)Nc1nc(Cl)nc(-n2ccnc2)n1. The fourth-order valence-electron chi connectivity index (χ4n) is 1.63. The first-order chi connectivity index (χ1) is 9.63. The number of aromatic nitrogens is 5. The average molecular weight is 315 g/mol. The van der Waals surface area contributed by atoms with Crippen molar-refractivity contribution in [3.8, 4) is 5.95 Å². The molecule has 2 aromatic heterocycles. The predicted molar refractivity (Wildman–Crippen MR) is 79.4 cm³/mol. The standard InChI is InChI=1S/C11H15ClN6OS/c1-7(8(5-19)20-2)14-10-15-9(12)16-11(17-10)18-4-3-13-6-18/h3-4,6-8,19H,5H2,1-2H3,(H,14,15,16,17). The maximum absolute atomic E-state index is 9.28. The Morgan fingerprint density at radius 2 is 2.25 bits per heavy atom. The number of aliphatic hydroxyl groups excluding tert-OH is 1. The molecule has 2 heterocycles. The predicted octanol–water partition coefficient (Wildman–Crippen LogP) is 1.23. The second kappa shape index (κ2) is 6.87. The molecular formula is C11H15ClN6OS. The molecule has 0 aromatic carbocycles. The van der Waals surface area contributed by atoms with E-state index < -0.39 is 0 Å². The van der Waals surface area contributed by atoms with E-state index in [1.807, 2.05) is 13.2 Å². The maximum Gasteiger partial charge on any atom is 0.241 e. The van der Waals surface area contributed by atoms with E-state index in [0.717, 1.165) is 0 Å². The van der Waals surface area contributed by atoms with Gasteiger partial charge in [0.2, 0.25) is 17.2 Å². The molecule has 0 bridgehead atoms. The summed E-state index contributed by atoms with van der Waals surface area (Å²) in [6.45, 7) is 2.02. The molecule has 0 spiro atoms. The Hall–Kier alpha value is -1.38. The monoisotopic (exact) mass is 314 g/mol. The lowest BCUT2D eigenvalue weighted by atomic mass is 10.2. The molecule has 2 atom stereocenters. The third kappa shape index (κ3) is 3.59. The van der Waals surface area contributed by atoms with Crippen molar-refractivity contribution in [3.63, 3.8) is 0 Å². The molecule has 2 unspecified atom stereocenters. The van der Waals surface area contributed by atoms with Gasteiger partial charge in [-0.3, -0.25) is 4.57 Å². The highest BCUT2D eigenvalue weighted by molar-refractivity contribution is 7.99. The van der Waals surface area contributed by atoms with Crippen molar-refractivity contribution in [2.75, 3.05) is 18.2 Å². The van der Waals surface area contributed by atoms with Crippen LogP contribution in [0.4, 0.5) is 5.95 Å². The Bertz CT molecular complexity index is 548. The minimum atomic E-state index is -0.0101. The molecule has 2 aromatic rings. The smallest absolute Gasteiger partial charge is 0.241 e. The van der Waals surface area contributed by atoms with Crippen LogP contribution >= 0.6 is 23.4 Å². The summed E-state index contributed by atoms with van der Waals surface area (Å²) in [7, 11) is 0. The summed E-state index contributed by atoms with van der Waals surface area (Å²) in [4.78, 5) is 16.3. The second-order valence-electron chi connectivity index (χ2n) is 4.09. The molecule has 20 heavy (non-hydrogen) atoms. The Labute approximate surface area is 125 Å². The number of aliphatic hydroxyl groups is 1. The van der Waals surface area contributed by atoms with Gasteiger partial charge in [0.05, 0.1) is 6.61 Å². The van der Waals surface area contributed by atoms with Crippen molar-refractivity contribution < 1.29 is 5.11 Å². The van der Waals surface area contributed by atoms with Crippen molar-refractivity contribution in [1.82, 2.24) is 24.5 Å². The number of anilines is 1. The Morgan fingerprint density at radius 3 is 2.85 bits per heavy atom. The van der Waals surface area contributed by atoms with Gasteiger partial charge >= 0.3 is 0 Å². The van der Waals surface area contributed by atoms with E-state index in [4.69, 9.17) is 11.6 Å². The van der Waals surface area contributed by atoms with Gasteiger partial charge in [-0.2, -0.15) is 26.7 Å². The van der Waals surface area contributed by atoms with E-state index in [2.05, 4.69) is 25.3 Å². The van der Waals surface area contributed by atoms with Crippen LogP contribution in [0.1, 0.15) is 6.92 Å². The van der Waals surface area contributed by atoms with E-state index in [9.17, 15) is 5.11 Å². The lowest BCUT2D eigenvalue weighted by Crippen LogP contribution is -2.31. The highest BCUT2D eigenvalue weighted by atomic mass is 35.5. The zero-order valence-corrected chi connectivity index (χ0v) is 12.6. The van der Waals surface area contributed by atoms with Crippen LogP contribution in [0.5, 0.6) is 0 Å². The third-order valence-electron chi connectivity index (χ3n) is 2.73. The lowest BCUT2D eigenvalue weighted by Gasteiger charge is -2.21. The van der Waals surface area contributed by atoms with Gasteiger partial charge in [-0.15, -0.1) is 0 Å². The zero-order chi connectivity index (χ0) is 14.5. The van der Waals surface area contributed by atoms with E-state index in [1.54, 1.807) is 35.0 Å². The van der Waals surface area contributed by atoms with Gasteiger partial charge in [-0.05, 0) is 24.8 Å². The summed E-state index contributed by atoms with van der Waals surface area (Å²) in [5.74, 6) is 0.760. The van der Waals surface area contributed by atoms with E-state index >= 15 is 0 Å². The Morgan fingerprint density at radius 1 is 1.45 bits per heavy atom. The minimum absolute atomic E-state index is 0.0101. The van der Waals surface area contributed by atoms with Gasteiger partial charge in [0.15, 0.2) is 0 Å². The number of halogens is 1. The maximum atomic E-state index is 9.28. The van der Waals surface area contributed by atoms with Crippen LogP contribution < -0.4 is 5.32 Å². The molecule has 0 fully saturated rings. The second-order valence-corrected chi connectivity index (χ2v) is 5.50. The zero-order valence-electron chi connectivity index (χ0n) is 11.1. The van der Waals surface area contributed by atoms with Gasteiger partial charge < -0.3 is 10.4 Å². The van der Waals surface area contributed by atoms with Gasteiger partial charge in [0, 0.05) is 23.7 Å². The summed E-state index contributed by atoms with van der Waals surface area (Å²) >= 11 is 7.48. The summed E-state index contributed by atoms with van der Waals surface area (Å²) in [6, 6.07) is -0.0101. The van der Waals surface area contributed by atoms with E-state index in [-0.39, 0.29) is 23.2 Å². The molecule has 0 saturated heterocycles. The quantitative estimate of drug-likeness (QED) is 0.829.